The van der Waals surface area contributed by atoms with Gasteiger partial charge in [-0.15, -0.1) is 0 Å². The van der Waals surface area contributed by atoms with E-state index in [1.165, 1.54) is 6.92 Å². The lowest BCUT2D eigenvalue weighted by Gasteiger charge is -2.36. The van der Waals surface area contributed by atoms with Crippen molar-refractivity contribution in [1.82, 2.24) is 14.9 Å². The van der Waals surface area contributed by atoms with E-state index in [0.717, 1.165) is 17.5 Å². The van der Waals surface area contributed by atoms with Crippen LogP contribution in [-0.2, 0) is 16.0 Å². The number of aromatic amines is 1. The molecular weight excluding hydrogens is 320 g/mol. The molecule has 0 saturated heterocycles. The number of rotatable bonds is 3. The van der Waals surface area contributed by atoms with E-state index in [9.17, 15) is 14.4 Å². The molecule has 0 fully saturated rings. The Morgan fingerprint density at radius 2 is 2.12 bits per heavy atom. The average molecular weight is 340 g/mol. The number of nitrogens with zero attached hydrogens (tertiary/aromatic N) is 2. The lowest BCUT2D eigenvalue weighted by molar-refractivity contribution is -0.132. The van der Waals surface area contributed by atoms with Gasteiger partial charge in [-0.1, -0.05) is 24.3 Å². The van der Waals surface area contributed by atoms with Gasteiger partial charge in [0.2, 0.25) is 11.8 Å². The van der Waals surface area contributed by atoms with Crippen molar-refractivity contribution >= 4 is 17.6 Å². The summed E-state index contributed by atoms with van der Waals surface area (Å²) in [6.45, 7) is 3.82. The summed E-state index contributed by atoms with van der Waals surface area (Å²) in [5.41, 5.74) is 2.25. The molecule has 0 aliphatic carbocycles. The van der Waals surface area contributed by atoms with Crippen LogP contribution in [0.3, 0.4) is 0 Å². The summed E-state index contributed by atoms with van der Waals surface area (Å²) in [5.74, 6) is -0.132. The molecule has 0 bridgehead atoms. The van der Waals surface area contributed by atoms with Crippen molar-refractivity contribution in [2.75, 3.05) is 11.9 Å². The summed E-state index contributed by atoms with van der Waals surface area (Å²) in [4.78, 5) is 43.9. The maximum Gasteiger partial charge on any atom is 0.347 e. The predicted molar refractivity (Wildman–Crippen MR) is 93.1 cm³/mol. The van der Waals surface area contributed by atoms with Crippen molar-refractivity contribution in [3.8, 4) is 0 Å². The fourth-order valence-electron chi connectivity index (χ4n) is 3.26. The number of amides is 2. The molecule has 7 heteroatoms. The maximum atomic E-state index is 12.5. The Hall–Kier alpha value is -2.96. The number of aryl methyl sites for hydroxylation is 1. The molecule has 2 heterocycles. The number of benzene rings is 1. The summed E-state index contributed by atoms with van der Waals surface area (Å²) >= 11 is 0. The van der Waals surface area contributed by atoms with E-state index in [-0.39, 0.29) is 30.1 Å². The van der Waals surface area contributed by atoms with Crippen molar-refractivity contribution in [3.63, 3.8) is 0 Å². The molecule has 7 nitrogen and oxygen atoms in total. The van der Waals surface area contributed by atoms with Gasteiger partial charge in [0.1, 0.15) is 5.82 Å². The van der Waals surface area contributed by atoms with Crippen molar-refractivity contribution < 1.29 is 9.59 Å². The lowest BCUT2D eigenvalue weighted by atomic mass is 9.90. The van der Waals surface area contributed by atoms with Crippen LogP contribution in [0.5, 0.6) is 0 Å². The zero-order valence-electron chi connectivity index (χ0n) is 14.2. The fourth-order valence-corrected chi connectivity index (χ4v) is 3.26. The predicted octanol–water partition coefficient (Wildman–Crippen LogP) is 1.55. The molecule has 0 saturated carbocycles. The molecular formula is C18H20N4O3. The molecule has 2 aromatic rings. The third kappa shape index (κ3) is 3.76. The number of nitrogens with one attached hydrogen (secondary N) is 2. The Labute approximate surface area is 145 Å². The first kappa shape index (κ1) is 16.9. The van der Waals surface area contributed by atoms with Gasteiger partial charge in [0.15, 0.2) is 0 Å². The second kappa shape index (κ2) is 6.88. The minimum Gasteiger partial charge on any atom is -0.335 e. The van der Waals surface area contributed by atoms with Crippen LogP contribution in [0, 0.1) is 6.92 Å². The monoisotopic (exact) mass is 340 g/mol. The summed E-state index contributed by atoms with van der Waals surface area (Å²) < 4.78 is 0. The molecule has 0 unspecified atom stereocenters. The fraction of sp³-hybridized carbons (Fsp3) is 0.333. The van der Waals surface area contributed by atoms with Gasteiger partial charge < -0.3 is 15.2 Å². The summed E-state index contributed by atoms with van der Waals surface area (Å²) in [6.07, 6.45) is 0.896. The Morgan fingerprint density at radius 1 is 1.36 bits per heavy atom. The largest absolute Gasteiger partial charge is 0.347 e. The second-order valence-electron chi connectivity index (χ2n) is 6.18. The highest BCUT2D eigenvalue weighted by Gasteiger charge is 2.30. The van der Waals surface area contributed by atoms with Crippen LogP contribution in [0.15, 0.2) is 35.1 Å². The van der Waals surface area contributed by atoms with E-state index in [2.05, 4.69) is 15.3 Å². The third-order valence-corrected chi connectivity index (χ3v) is 4.34. The van der Waals surface area contributed by atoms with Gasteiger partial charge in [-0.3, -0.25) is 9.59 Å². The van der Waals surface area contributed by atoms with Crippen LogP contribution in [-0.4, -0.2) is 33.2 Å². The molecule has 130 valence electrons. The SMILES string of the molecule is CC(=O)N1CCc2ccccc2[C@H]1CC(=O)Nc1cc(C)[nH]c(=O)n1. The second-order valence-corrected chi connectivity index (χ2v) is 6.18. The van der Waals surface area contributed by atoms with Crippen molar-refractivity contribution in [3.05, 3.63) is 57.6 Å². The lowest BCUT2D eigenvalue weighted by Crippen LogP contribution is -2.40. The van der Waals surface area contributed by atoms with Crippen LogP contribution in [0.2, 0.25) is 0 Å². The van der Waals surface area contributed by atoms with Crippen molar-refractivity contribution in [2.45, 2.75) is 32.7 Å². The van der Waals surface area contributed by atoms with Gasteiger partial charge in [-0.2, -0.15) is 4.98 Å². The molecule has 1 aliphatic rings. The molecule has 3 rings (SSSR count). The van der Waals surface area contributed by atoms with E-state index in [0.29, 0.717) is 12.2 Å². The highest BCUT2D eigenvalue weighted by atomic mass is 16.2. The number of anilines is 1. The topological polar surface area (TPSA) is 95.2 Å². The van der Waals surface area contributed by atoms with Crippen LogP contribution < -0.4 is 11.0 Å². The quantitative estimate of drug-likeness (QED) is 0.886. The zero-order valence-corrected chi connectivity index (χ0v) is 14.2. The smallest absolute Gasteiger partial charge is 0.335 e. The van der Waals surface area contributed by atoms with Crippen LogP contribution >= 0.6 is 0 Å². The zero-order chi connectivity index (χ0) is 18.0. The molecule has 25 heavy (non-hydrogen) atoms. The number of carbonyl (C=O) groups excluding carboxylic acids is 2. The summed E-state index contributed by atoms with van der Waals surface area (Å²) in [7, 11) is 0. The number of fused-ring (bicyclic) bond motifs is 1. The molecule has 0 radical (unpaired) electrons. The van der Waals surface area contributed by atoms with Gasteiger partial charge in [-0.25, -0.2) is 4.79 Å². The minimum absolute atomic E-state index is 0.0579. The molecule has 2 amide bonds. The number of hydrogen-bond donors (Lipinski definition) is 2. The van der Waals surface area contributed by atoms with Gasteiger partial charge in [0.05, 0.1) is 12.5 Å². The minimum atomic E-state index is -0.510. The van der Waals surface area contributed by atoms with Gasteiger partial charge in [0.25, 0.3) is 0 Å². The number of carbonyl (C=O) groups is 2. The number of hydrogen-bond acceptors (Lipinski definition) is 4. The molecule has 1 aromatic carbocycles. The summed E-state index contributed by atoms with van der Waals surface area (Å²) in [5, 5.41) is 2.65. The van der Waals surface area contributed by atoms with Crippen molar-refractivity contribution in [2.24, 2.45) is 0 Å². The van der Waals surface area contributed by atoms with E-state index in [1.807, 2.05) is 24.3 Å². The number of H-pyrrole nitrogens is 1. The Kier molecular flexibility index (Phi) is 4.65. The maximum absolute atomic E-state index is 12.5. The van der Waals surface area contributed by atoms with Crippen molar-refractivity contribution in [1.29, 1.82) is 0 Å². The van der Waals surface area contributed by atoms with E-state index in [4.69, 9.17) is 0 Å². The van der Waals surface area contributed by atoms with Gasteiger partial charge >= 0.3 is 5.69 Å². The van der Waals surface area contributed by atoms with E-state index in [1.54, 1.807) is 17.9 Å². The van der Waals surface area contributed by atoms with Crippen LogP contribution in [0.1, 0.15) is 36.2 Å². The first-order valence-corrected chi connectivity index (χ1v) is 8.17. The van der Waals surface area contributed by atoms with E-state index >= 15 is 0 Å². The van der Waals surface area contributed by atoms with Crippen LogP contribution in [0.4, 0.5) is 5.82 Å². The molecule has 1 aliphatic heterocycles. The van der Waals surface area contributed by atoms with Gasteiger partial charge in [-0.05, 0) is 24.5 Å². The highest BCUT2D eigenvalue weighted by Crippen LogP contribution is 2.32. The summed E-state index contributed by atoms with van der Waals surface area (Å²) in [6, 6.07) is 9.14. The Morgan fingerprint density at radius 3 is 2.84 bits per heavy atom. The van der Waals surface area contributed by atoms with Gasteiger partial charge in [0, 0.05) is 25.2 Å². The van der Waals surface area contributed by atoms with E-state index < -0.39 is 5.69 Å². The Bertz CT molecular complexity index is 875. The van der Waals surface area contributed by atoms with Crippen LogP contribution in [0.25, 0.3) is 0 Å². The normalized spacial score (nSPS) is 16.2. The molecule has 0 spiro atoms. The first-order chi connectivity index (χ1) is 11.9. The average Bonchev–Trinajstić information content (AvgIpc) is 2.53. The third-order valence-electron chi connectivity index (χ3n) is 4.34. The standard InChI is InChI=1S/C18H20N4O3/c1-11-9-16(21-18(25)19-11)20-17(24)10-15-14-6-4-3-5-13(14)7-8-22(15)12(2)23/h3-6,9,15H,7-8,10H2,1-2H3,(H2,19,20,21,24,25)/t15-/m1/s1. The molecule has 1 atom stereocenters. The Balaban J connectivity index is 1.82. The molecule has 1 aromatic heterocycles. The first-order valence-electron chi connectivity index (χ1n) is 8.17. The molecule has 2 N–H and O–H groups in total. The highest BCUT2D eigenvalue weighted by molar-refractivity contribution is 5.90. The number of aromatic nitrogens is 2.